The summed E-state index contributed by atoms with van der Waals surface area (Å²) in [6.07, 6.45) is 0. The molecule has 0 bridgehead atoms. The van der Waals surface area contributed by atoms with Crippen molar-refractivity contribution < 1.29 is 9.47 Å². The first-order valence-electron chi connectivity index (χ1n) is 6.64. The number of rotatable bonds is 5. The number of nitrogens with zero attached hydrogens (tertiary/aromatic N) is 1. The van der Waals surface area contributed by atoms with E-state index >= 15 is 0 Å². The fourth-order valence-electron chi connectivity index (χ4n) is 2.09. The number of fused-ring (bicyclic) bond motifs is 1. The van der Waals surface area contributed by atoms with Crippen molar-refractivity contribution in [3.8, 4) is 11.5 Å². The molecule has 0 radical (unpaired) electrons. The summed E-state index contributed by atoms with van der Waals surface area (Å²) in [7, 11) is 1.63. The molecule has 2 aromatic carbocycles. The summed E-state index contributed by atoms with van der Waals surface area (Å²) in [5, 5.41) is 0.946. The van der Waals surface area contributed by atoms with Crippen LogP contribution < -0.4 is 15.2 Å². The zero-order valence-corrected chi connectivity index (χ0v) is 12.5. The molecule has 21 heavy (non-hydrogen) atoms. The zero-order valence-electron chi connectivity index (χ0n) is 11.7. The SMILES string of the molecule is COc1ccc(CN)c(OCc2nc3ccccc3s2)c1. The van der Waals surface area contributed by atoms with E-state index in [1.807, 2.05) is 36.4 Å². The molecule has 1 aromatic heterocycles. The van der Waals surface area contributed by atoms with E-state index in [4.69, 9.17) is 15.2 Å². The molecule has 0 amide bonds. The molecule has 0 fully saturated rings. The Bertz CT molecular complexity index is 722. The maximum atomic E-state index is 5.87. The third kappa shape index (κ3) is 2.99. The lowest BCUT2D eigenvalue weighted by Gasteiger charge is -2.10. The van der Waals surface area contributed by atoms with Crippen molar-refractivity contribution in [3.63, 3.8) is 0 Å². The Labute approximate surface area is 127 Å². The molecule has 3 rings (SSSR count). The third-order valence-electron chi connectivity index (χ3n) is 3.18. The van der Waals surface area contributed by atoms with Crippen molar-refractivity contribution in [1.82, 2.24) is 4.98 Å². The highest BCUT2D eigenvalue weighted by molar-refractivity contribution is 7.18. The number of benzene rings is 2. The number of hydrogen-bond donors (Lipinski definition) is 1. The van der Waals surface area contributed by atoms with E-state index < -0.39 is 0 Å². The van der Waals surface area contributed by atoms with Gasteiger partial charge in [0.15, 0.2) is 0 Å². The summed E-state index contributed by atoms with van der Waals surface area (Å²) in [5.41, 5.74) is 7.70. The number of ether oxygens (including phenoxy) is 2. The molecule has 0 saturated heterocycles. The molecule has 4 nitrogen and oxygen atoms in total. The number of hydrogen-bond acceptors (Lipinski definition) is 5. The van der Waals surface area contributed by atoms with Crippen molar-refractivity contribution >= 4 is 21.6 Å². The van der Waals surface area contributed by atoms with Crippen LogP contribution >= 0.6 is 11.3 Å². The van der Waals surface area contributed by atoms with Crippen LogP contribution in [0.4, 0.5) is 0 Å². The van der Waals surface area contributed by atoms with Crippen LogP contribution in [0.3, 0.4) is 0 Å². The lowest BCUT2D eigenvalue weighted by atomic mass is 10.2. The van der Waals surface area contributed by atoms with E-state index in [1.54, 1.807) is 18.4 Å². The van der Waals surface area contributed by atoms with E-state index in [2.05, 4.69) is 11.1 Å². The average molecular weight is 300 g/mol. The molecule has 2 N–H and O–H groups in total. The second-order valence-electron chi connectivity index (χ2n) is 4.54. The van der Waals surface area contributed by atoms with E-state index in [0.29, 0.717) is 13.2 Å². The van der Waals surface area contributed by atoms with Crippen LogP contribution in [0.5, 0.6) is 11.5 Å². The minimum absolute atomic E-state index is 0.430. The van der Waals surface area contributed by atoms with Gasteiger partial charge in [-0.15, -0.1) is 11.3 Å². The summed E-state index contributed by atoms with van der Waals surface area (Å²) in [6, 6.07) is 13.7. The van der Waals surface area contributed by atoms with Crippen LogP contribution in [0, 0.1) is 0 Å². The molecule has 108 valence electrons. The molecule has 0 aliphatic heterocycles. The Morgan fingerprint density at radius 1 is 1.19 bits per heavy atom. The molecule has 0 aliphatic rings. The first kappa shape index (κ1) is 13.9. The maximum Gasteiger partial charge on any atom is 0.140 e. The number of aromatic nitrogens is 1. The second-order valence-corrected chi connectivity index (χ2v) is 5.66. The van der Waals surface area contributed by atoms with Gasteiger partial charge in [0.25, 0.3) is 0 Å². The highest BCUT2D eigenvalue weighted by Gasteiger charge is 2.08. The Hall–Kier alpha value is -2.11. The normalized spacial score (nSPS) is 10.8. The van der Waals surface area contributed by atoms with Gasteiger partial charge in [0.1, 0.15) is 23.1 Å². The topological polar surface area (TPSA) is 57.4 Å². The lowest BCUT2D eigenvalue weighted by Crippen LogP contribution is -2.03. The minimum atomic E-state index is 0.430. The van der Waals surface area contributed by atoms with Gasteiger partial charge >= 0.3 is 0 Å². The van der Waals surface area contributed by atoms with Gasteiger partial charge in [-0.2, -0.15) is 0 Å². The summed E-state index contributed by atoms with van der Waals surface area (Å²) in [6.45, 7) is 0.860. The Morgan fingerprint density at radius 3 is 2.81 bits per heavy atom. The van der Waals surface area contributed by atoms with Crippen LogP contribution in [0.15, 0.2) is 42.5 Å². The molecular weight excluding hydrogens is 284 g/mol. The molecule has 5 heteroatoms. The van der Waals surface area contributed by atoms with Gasteiger partial charge in [0.2, 0.25) is 0 Å². The summed E-state index contributed by atoms with van der Waals surface area (Å²) in [4.78, 5) is 4.56. The number of methoxy groups -OCH3 is 1. The van der Waals surface area contributed by atoms with E-state index in [0.717, 1.165) is 27.6 Å². The smallest absolute Gasteiger partial charge is 0.140 e. The number of para-hydroxylation sites is 1. The maximum absolute atomic E-state index is 5.87. The Kier molecular flexibility index (Phi) is 4.03. The predicted octanol–water partition coefficient (Wildman–Crippen LogP) is 3.34. The largest absolute Gasteiger partial charge is 0.497 e. The van der Waals surface area contributed by atoms with Gasteiger partial charge < -0.3 is 15.2 Å². The molecular formula is C16H16N2O2S. The summed E-state index contributed by atoms with van der Waals surface area (Å²) in [5.74, 6) is 1.50. The standard InChI is InChI=1S/C16H16N2O2S/c1-19-12-7-6-11(9-17)14(8-12)20-10-16-18-13-4-2-3-5-15(13)21-16/h2-8H,9-10,17H2,1H3. The van der Waals surface area contributed by atoms with E-state index in [9.17, 15) is 0 Å². The third-order valence-corrected chi connectivity index (χ3v) is 4.19. The first-order valence-corrected chi connectivity index (χ1v) is 7.46. The molecule has 3 aromatic rings. The van der Waals surface area contributed by atoms with Crippen LogP contribution in [0.2, 0.25) is 0 Å². The molecule has 0 aliphatic carbocycles. The van der Waals surface area contributed by atoms with E-state index in [-0.39, 0.29) is 0 Å². The quantitative estimate of drug-likeness (QED) is 0.785. The lowest BCUT2D eigenvalue weighted by molar-refractivity contribution is 0.300. The van der Waals surface area contributed by atoms with E-state index in [1.165, 1.54) is 4.70 Å². The first-order chi connectivity index (χ1) is 10.3. The fraction of sp³-hybridized carbons (Fsp3) is 0.188. The van der Waals surface area contributed by atoms with Gasteiger partial charge in [-0.1, -0.05) is 18.2 Å². The van der Waals surface area contributed by atoms with Crippen molar-refractivity contribution in [3.05, 3.63) is 53.0 Å². The van der Waals surface area contributed by atoms with Gasteiger partial charge in [0, 0.05) is 18.2 Å². The monoisotopic (exact) mass is 300 g/mol. The molecule has 0 unspecified atom stereocenters. The van der Waals surface area contributed by atoms with Gasteiger partial charge in [-0.3, -0.25) is 0 Å². The van der Waals surface area contributed by atoms with Gasteiger partial charge in [0.05, 0.1) is 17.3 Å². The van der Waals surface area contributed by atoms with Crippen molar-refractivity contribution in [2.75, 3.05) is 7.11 Å². The number of nitrogens with two attached hydrogens (primary N) is 1. The van der Waals surface area contributed by atoms with Crippen molar-refractivity contribution in [2.24, 2.45) is 5.73 Å². The van der Waals surface area contributed by atoms with Gasteiger partial charge in [-0.05, 0) is 18.2 Å². The predicted molar refractivity (Wildman–Crippen MR) is 84.8 cm³/mol. The summed E-state index contributed by atoms with van der Waals surface area (Å²) < 4.78 is 12.3. The zero-order chi connectivity index (χ0) is 14.7. The molecule has 0 atom stereocenters. The molecule has 0 saturated carbocycles. The number of thiazole rings is 1. The fourth-order valence-corrected chi connectivity index (χ4v) is 2.97. The van der Waals surface area contributed by atoms with Crippen LogP contribution in [0.25, 0.3) is 10.2 Å². The van der Waals surface area contributed by atoms with Crippen LogP contribution in [0.1, 0.15) is 10.6 Å². The molecule has 1 heterocycles. The minimum Gasteiger partial charge on any atom is -0.497 e. The van der Waals surface area contributed by atoms with Crippen LogP contribution in [-0.4, -0.2) is 12.1 Å². The highest BCUT2D eigenvalue weighted by atomic mass is 32.1. The Balaban J connectivity index is 1.80. The highest BCUT2D eigenvalue weighted by Crippen LogP contribution is 2.27. The average Bonchev–Trinajstić information content (AvgIpc) is 2.95. The van der Waals surface area contributed by atoms with Crippen molar-refractivity contribution in [1.29, 1.82) is 0 Å². The van der Waals surface area contributed by atoms with Gasteiger partial charge in [-0.25, -0.2) is 4.98 Å². The molecule has 0 spiro atoms. The Morgan fingerprint density at radius 2 is 2.05 bits per heavy atom. The summed E-state index contributed by atoms with van der Waals surface area (Å²) >= 11 is 1.64. The second kappa shape index (κ2) is 6.11. The van der Waals surface area contributed by atoms with Crippen molar-refractivity contribution in [2.45, 2.75) is 13.2 Å². The van der Waals surface area contributed by atoms with Crippen LogP contribution in [-0.2, 0) is 13.2 Å².